The summed E-state index contributed by atoms with van der Waals surface area (Å²) in [6, 6.07) is 8.21. The van der Waals surface area contributed by atoms with E-state index in [-0.39, 0.29) is 0 Å². The minimum absolute atomic E-state index is 0.898. The highest BCUT2D eigenvalue weighted by Gasteiger charge is 2.18. The number of H-pyrrole nitrogens is 2. The van der Waals surface area contributed by atoms with Crippen molar-refractivity contribution in [3.8, 4) is 11.3 Å². The molecule has 26 heavy (non-hydrogen) atoms. The van der Waals surface area contributed by atoms with Gasteiger partial charge in [-0.05, 0) is 48.7 Å². The highest BCUT2D eigenvalue weighted by atomic mass is 15.1. The molecule has 0 bridgehead atoms. The van der Waals surface area contributed by atoms with Gasteiger partial charge in [0.2, 0.25) is 0 Å². The lowest BCUT2D eigenvalue weighted by Gasteiger charge is -2.15. The highest BCUT2D eigenvalue weighted by Crippen LogP contribution is 2.36. The molecule has 0 unspecified atom stereocenters. The number of aryl methyl sites for hydroxylation is 1. The number of nitrogens with one attached hydrogen (secondary N) is 2. The predicted molar refractivity (Wildman–Crippen MR) is 105 cm³/mol. The van der Waals surface area contributed by atoms with E-state index in [2.05, 4.69) is 52.2 Å². The van der Waals surface area contributed by atoms with Crippen LogP contribution in [0, 0.1) is 6.92 Å². The van der Waals surface area contributed by atoms with Crippen molar-refractivity contribution >= 4 is 32.8 Å². The summed E-state index contributed by atoms with van der Waals surface area (Å²) in [5, 5.41) is 10.7. The average Bonchev–Trinajstić information content (AvgIpc) is 3.30. The van der Waals surface area contributed by atoms with E-state index in [0.29, 0.717) is 0 Å². The van der Waals surface area contributed by atoms with Gasteiger partial charge in [0.1, 0.15) is 5.65 Å². The van der Waals surface area contributed by atoms with Crippen molar-refractivity contribution in [3.63, 3.8) is 0 Å². The zero-order valence-corrected chi connectivity index (χ0v) is 14.8. The quantitative estimate of drug-likeness (QED) is 0.489. The average molecular weight is 341 g/mol. The normalized spacial score (nSPS) is 11.8. The van der Waals surface area contributed by atoms with E-state index in [1.807, 2.05) is 24.7 Å². The lowest BCUT2D eigenvalue weighted by atomic mass is 9.93. The first-order valence-corrected chi connectivity index (χ1v) is 8.95. The fourth-order valence-corrected chi connectivity index (χ4v) is 3.94. The number of aromatic amines is 2. The summed E-state index contributed by atoms with van der Waals surface area (Å²) in [5.74, 6) is 0. The van der Waals surface area contributed by atoms with Crippen LogP contribution in [0.25, 0.3) is 44.1 Å². The molecule has 0 fully saturated rings. The SMILES string of the molecule is CCCc1c(-c2c[nH]c3ncccc23)nc2ccc3[nH]ncc3c2c1C. The van der Waals surface area contributed by atoms with Gasteiger partial charge in [-0.25, -0.2) is 9.97 Å². The van der Waals surface area contributed by atoms with Gasteiger partial charge in [0, 0.05) is 34.1 Å². The minimum atomic E-state index is 0.898. The third kappa shape index (κ3) is 2.07. The molecule has 128 valence electrons. The predicted octanol–water partition coefficient (Wildman–Crippen LogP) is 4.92. The number of nitrogens with zero attached hydrogens (tertiary/aromatic N) is 3. The molecule has 0 saturated heterocycles. The first kappa shape index (κ1) is 15.1. The van der Waals surface area contributed by atoms with Crippen molar-refractivity contribution in [1.82, 2.24) is 25.1 Å². The zero-order valence-electron chi connectivity index (χ0n) is 14.8. The van der Waals surface area contributed by atoms with Crippen molar-refractivity contribution in [1.29, 1.82) is 0 Å². The Kier molecular flexibility index (Phi) is 3.28. The molecule has 5 aromatic rings. The summed E-state index contributed by atoms with van der Waals surface area (Å²) in [5.41, 5.74) is 7.72. The van der Waals surface area contributed by atoms with Crippen LogP contribution < -0.4 is 0 Å². The molecule has 0 aliphatic heterocycles. The molecule has 0 atom stereocenters. The lowest BCUT2D eigenvalue weighted by Crippen LogP contribution is -1.99. The molecule has 4 aromatic heterocycles. The fraction of sp³-hybridized carbons (Fsp3) is 0.190. The molecule has 0 aliphatic rings. The summed E-state index contributed by atoms with van der Waals surface area (Å²) in [6.45, 7) is 4.42. The Balaban J connectivity index is 1.90. The molecule has 0 radical (unpaired) electrons. The first-order chi connectivity index (χ1) is 12.8. The van der Waals surface area contributed by atoms with Gasteiger partial charge in [-0.1, -0.05) is 13.3 Å². The van der Waals surface area contributed by atoms with Crippen LogP contribution in [-0.4, -0.2) is 25.1 Å². The van der Waals surface area contributed by atoms with E-state index >= 15 is 0 Å². The van der Waals surface area contributed by atoms with Crippen molar-refractivity contribution in [2.45, 2.75) is 26.7 Å². The van der Waals surface area contributed by atoms with Crippen LogP contribution in [0.1, 0.15) is 24.5 Å². The molecule has 0 saturated carbocycles. The summed E-state index contributed by atoms with van der Waals surface area (Å²) < 4.78 is 0. The van der Waals surface area contributed by atoms with Gasteiger partial charge in [-0.2, -0.15) is 5.10 Å². The standard InChI is InChI=1S/C21H19N5/c1-3-5-13-12(2)19-16-11-24-26-17(16)7-8-18(19)25-20(13)15-10-23-21-14(15)6-4-9-22-21/h4,6-11H,3,5H2,1-2H3,(H,22,23)(H,24,26). The van der Waals surface area contributed by atoms with E-state index < -0.39 is 0 Å². The number of hydrogen-bond donors (Lipinski definition) is 2. The van der Waals surface area contributed by atoms with Gasteiger partial charge in [0.15, 0.2) is 0 Å². The Morgan fingerprint density at radius 1 is 1.12 bits per heavy atom. The van der Waals surface area contributed by atoms with Crippen molar-refractivity contribution < 1.29 is 0 Å². The van der Waals surface area contributed by atoms with Crippen LogP contribution >= 0.6 is 0 Å². The number of pyridine rings is 2. The number of fused-ring (bicyclic) bond motifs is 4. The largest absolute Gasteiger partial charge is 0.345 e. The molecule has 0 amide bonds. The Hall–Kier alpha value is -3.21. The Morgan fingerprint density at radius 2 is 2.04 bits per heavy atom. The van der Waals surface area contributed by atoms with Gasteiger partial charge in [-0.15, -0.1) is 0 Å². The third-order valence-corrected chi connectivity index (χ3v) is 5.15. The third-order valence-electron chi connectivity index (χ3n) is 5.15. The number of benzene rings is 1. The van der Waals surface area contributed by atoms with Crippen molar-refractivity contribution in [3.05, 3.63) is 54.0 Å². The second kappa shape index (κ2) is 5.66. The molecule has 4 heterocycles. The van der Waals surface area contributed by atoms with E-state index in [1.165, 1.54) is 16.5 Å². The Bertz CT molecular complexity index is 1260. The number of rotatable bonds is 3. The molecule has 1 aromatic carbocycles. The Morgan fingerprint density at radius 3 is 2.92 bits per heavy atom. The van der Waals surface area contributed by atoms with E-state index in [0.717, 1.165) is 51.6 Å². The Labute approximate surface area is 150 Å². The zero-order chi connectivity index (χ0) is 17.7. The van der Waals surface area contributed by atoms with Crippen LogP contribution in [0.15, 0.2) is 42.9 Å². The van der Waals surface area contributed by atoms with Gasteiger partial charge < -0.3 is 4.98 Å². The topological polar surface area (TPSA) is 70.2 Å². The summed E-state index contributed by atoms with van der Waals surface area (Å²) in [6.07, 6.45) is 7.80. The molecule has 0 spiro atoms. The summed E-state index contributed by atoms with van der Waals surface area (Å²) >= 11 is 0. The monoisotopic (exact) mass is 341 g/mol. The van der Waals surface area contributed by atoms with E-state index in [9.17, 15) is 0 Å². The maximum atomic E-state index is 5.09. The maximum Gasteiger partial charge on any atom is 0.137 e. The van der Waals surface area contributed by atoms with Crippen molar-refractivity contribution in [2.75, 3.05) is 0 Å². The second-order valence-electron chi connectivity index (χ2n) is 6.71. The maximum absolute atomic E-state index is 5.09. The number of hydrogen-bond acceptors (Lipinski definition) is 3. The molecule has 0 aliphatic carbocycles. The van der Waals surface area contributed by atoms with Crippen LogP contribution in [0.5, 0.6) is 0 Å². The van der Waals surface area contributed by atoms with Gasteiger partial charge in [-0.3, -0.25) is 5.10 Å². The highest BCUT2D eigenvalue weighted by molar-refractivity contribution is 6.08. The minimum Gasteiger partial charge on any atom is -0.345 e. The van der Waals surface area contributed by atoms with Crippen LogP contribution in [-0.2, 0) is 6.42 Å². The second-order valence-corrected chi connectivity index (χ2v) is 6.71. The molecule has 2 N–H and O–H groups in total. The first-order valence-electron chi connectivity index (χ1n) is 8.95. The molecular formula is C21H19N5. The van der Waals surface area contributed by atoms with E-state index in [4.69, 9.17) is 4.98 Å². The molecule has 5 heteroatoms. The van der Waals surface area contributed by atoms with Crippen LogP contribution in [0.2, 0.25) is 0 Å². The number of aromatic nitrogens is 5. The summed E-state index contributed by atoms with van der Waals surface area (Å²) in [7, 11) is 0. The van der Waals surface area contributed by atoms with Crippen molar-refractivity contribution in [2.24, 2.45) is 0 Å². The van der Waals surface area contributed by atoms with Gasteiger partial charge in [0.25, 0.3) is 0 Å². The summed E-state index contributed by atoms with van der Waals surface area (Å²) in [4.78, 5) is 12.8. The van der Waals surface area contributed by atoms with Crippen LogP contribution in [0.4, 0.5) is 0 Å². The fourth-order valence-electron chi connectivity index (χ4n) is 3.94. The lowest BCUT2D eigenvalue weighted by molar-refractivity contribution is 0.912. The van der Waals surface area contributed by atoms with Gasteiger partial charge >= 0.3 is 0 Å². The van der Waals surface area contributed by atoms with E-state index in [1.54, 1.807) is 0 Å². The van der Waals surface area contributed by atoms with Gasteiger partial charge in [0.05, 0.1) is 22.9 Å². The van der Waals surface area contributed by atoms with Crippen LogP contribution in [0.3, 0.4) is 0 Å². The molecule has 5 nitrogen and oxygen atoms in total. The molecular weight excluding hydrogens is 322 g/mol. The smallest absolute Gasteiger partial charge is 0.137 e. The molecule has 5 rings (SSSR count).